The number of aromatic nitrogens is 2. The molecule has 2 N–H and O–H groups in total. The number of anilines is 1. The Hall–Kier alpha value is -4.01. The maximum absolute atomic E-state index is 13.1. The molecular weight excluding hydrogens is 436 g/mol. The lowest BCUT2D eigenvalue weighted by Crippen LogP contribution is -2.38. The van der Waals surface area contributed by atoms with Gasteiger partial charge in [0.2, 0.25) is 0 Å². The van der Waals surface area contributed by atoms with Crippen LogP contribution in [0.2, 0.25) is 0 Å². The fourth-order valence-corrected chi connectivity index (χ4v) is 4.05. The van der Waals surface area contributed by atoms with E-state index in [1.165, 1.54) is 13.3 Å². The third-order valence-corrected chi connectivity index (χ3v) is 5.92. The van der Waals surface area contributed by atoms with E-state index in [-0.39, 0.29) is 11.8 Å². The van der Waals surface area contributed by atoms with Crippen molar-refractivity contribution in [2.45, 2.75) is 18.8 Å². The normalized spacial score (nSPS) is 13.9. The Bertz CT molecular complexity index is 1140. The maximum atomic E-state index is 13.1. The Balaban J connectivity index is 1.43. The molecule has 1 amide bonds. The number of methoxy groups -OCH3 is 3. The first kappa shape index (κ1) is 23.2. The quantitative estimate of drug-likeness (QED) is 0.561. The Morgan fingerprint density at radius 2 is 1.56 bits per heavy atom. The highest BCUT2D eigenvalue weighted by Crippen LogP contribution is 2.36. The Morgan fingerprint density at radius 1 is 0.882 bits per heavy atom. The number of pyridine rings is 2. The van der Waals surface area contributed by atoms with E-state index in [0.717, 1.165) is 29.9 Å². The van der Waals surface area contributed by atoms with E-state index in [9.17, 15) is 4.79 Å². The van der Waals surface area contributed by atoms with E-state index >= 15 is 0 Å². The number of rotatable bonds is 7. The number of amides is 1. The molecule has 0 aliphatic carbocycles. The fourth-order valence-electron chi connectivity index (χ4n) is 4.05. The van der Waals surface area contributed by atoms with E-state index in [1.807, 2.05) is 0 Å². The summed E-state index contributed by atoms with van der Waals surface area (Å²) in [4.78, 5) is 23.5. The van der Waals surface area contributed by atoms with Gasteiger partial charge in [0.1, 0.15) is 28.8 Å². The average Bonchev–Trinajstić information content (AvgIpc) is 2.89. The molecule has 0 saturated carbocycles. The number of hydrogen-bond acceptors (Lipinski definition) is 8. The maximum Gasteiger partial charge on any atom is 0.272 e. The first-order valence-corrected chi connectivity index (χ1v) is 11.0. The summed E-state index contributed by atoms with van der Waals surface area (Å²) in [5.41, 5.74) is 7.10. The van der Waals surface area contributed by atoms with Gasteiger partial charge in [-0.25, -0.2) is 9.97 Å². The van der Waals surface area contributed by atoms with Gasteiger partial charge in [-0.05, 0) is 43.0 Å². The summed E-state index contributed by atoms with van der Waals surface area (Å²) >= 11 is 0. The average molecular weight is 465 g/mol. The Morgan fingerprint density at radius 3 is 2.21 bits per heavy atom. The molecule has 0 unspecified atom stereocenters. The second-order valence-electron chi connectivity index (χ2n) is 7.92. The van der Waals surface area contributed by atoms with Gasteiger partial charge in [0.05, 0.1) is 27.5 Å². The zero-order chi connectivity index (χ0) is 24.1. The number of ether oxygens (including phenoxy) is 4. The van der Waals surface area contributed by atoms with Crippen LogP contribution in [0.4, 0.5) is 5.82 Å². The summed E-state index contributed by atoms with van der Waals surface area (Å²) in [6.45, 7) is 1.20. The minimum Gasteiger partial charge on any atom is -0.497 e. The molecule has 3 aromatic rings. The molecule has 0 spiro atoms. The third kappa shape index (κ3) is 4.98. The first-order chi connectivity index (χ1) is 16.5. The number of piperidine rings is 1. The molecule has 178 valence electrons. The predicted molar refractivity (Wildman–Crippen MR) is 127 cm³/mol. The van der Waals surface area contributed by atoms with Crippen molar-refractivity contribution in [1.82, 2.24) is 14.9 Å². The zero-order valence-electron chi connectivity index (χ0n) is 19.5. The van der Waals surface area contributed by atoms with Gasteiger partial charge < -0.3 is 29.6 Å². The molecule has 0 atom stereocenters. The highest BCUT2D eigenvalue weighted by Gasteiger charge is 2.28. The molecule has 34 heavy (non-hydrogen) atoms. The minimum atomic E-state index is -0.143. The van der Waals surface area contributed by atoms with E-state index in [1.54, 1.807) is 61.7 Å². The van der Waals surface area contributed by atoms with Crippen molar-refractivity contribution >= 4 is 11.7 Å². The molecule has 1 fully saturated rings. The van der Waals surface area contributed by atoms with E-state index in [0.29, 0.717) is 41.8 Å². The van der Waals surface area contributed by atoms with Crippen molar-refractivity contribution in [3.05, 3.63) is 60.0 Å². The second kappa shape index (κ2) is 10.3. The number of likely N-dealkylation sites (tertiary alicyclic amines) is 1. The van der Waals surface area contributed by atoms with Gasteiger partial charge in [-0.15, -0.1) is 0 Å². The number of nitrogen functional groups attached to an aromatic ring is 1. The van der Waals surface area contributed by atoms with Gasteiger partial charge in [0.15, 0.2) is 11.5 Å². The number of nitrogens with two attached hydrogens (primary N) is 1. The van der Waals surface area contributed by atoms with Gasteiger partial charge >= 0.3 is 0 Å². The lowest BCUT2D eigenvalue weighted by Gasteiger charge is -2.32. The van der Waals surface area contributed by atoms with Gasteiger partial charge in [0.25, 0.3) is 5.91 Å². The van der Waals surface area contributed by atoms with Crippen LogP contribution in [0.3, 0.4) is 0 Å². The number of carbonyl (C=O) groups is 1. The second-order valence-corrected chi connectivity index (χ2v) is 7.92. The summed E-state index contributed by atoms with van der Waals surface area (Å²) in [6, 6.07) is 10.5. The highest BCUT2D eigenvalue weighted by atomic mass is 16.5. The van der Waals surface area contributed by atoms with E-state index in [4.69, 9.17) is 24.7 Å². The van der Waals surface area contributed by atoms with Crippen LogP contribution < -0.4 is 24.7 Å². The molecular formula is C25H28N4O5. The van der Waals surface area contributed by atoms with Crippen LogP contribution in [-0.4, -0.2) is 55.2 Å². The summed E-state index contributed by atoms with van der Waals surface area (Å²) < 4.78 is 22.0. The number of hydrogen-bond donors (Lipinski definition) is 1. The monoisotopic (exact) mass is 464 g/mol. The van der Waals surface area contributed by atoms with Crippen LogP contribution in [0.1, 0.15) is 34.8 Å². The van der Waals surface area contributed by atoms with Crippen molar-refractivity contribution < 1.29 is 23.7 Å². The van der Waals surface area contributed by atoms with Crippen LogP contribution in [-0.2, 0) is 0 Å². The number of nitrogens with zero attached hydrogens (tertiary/aromatic N) is 3. The van der Waals surface area contributed by atoms with E-state index in [2.05, 4.69) is 9.97 Å². The highest BCUT2D eigenvalue weighted by molar-refractivity contribution is 5.93. The Kier molecular flexibility index (Phi) is 7.01. The van der Waals surface area contributed by atoms with Crippen LogP contribution in [0.15, 0.2) is 48.8 Å². The smallest absolute Gasteiger partial charge is 0.272 e. The topological polar surface area (TPSA) is 109 Å². The predicted octanol–water partition coefficient (Wildman–Crippen LogP) is 3.90. The van der Waals surface area contributed by atoms with E-state index < -0.39 is 0 Å². The number of benzene rings is 1. The van der Waals surface area contributed by atoms with Crippen LogP contribution in [0.25, 0.3) is 0 Å². The summed E-state index contributed by atoms with van der Waals surface area (Å²) in [5.74, 6) is 3.45. The molecule has 1 saturated heterocycles. The van der Waals surface area contributed by atoms with Gasteiger partial charge in [0, 0.05) is 37.0 Å². The molecule has 9 heteroatoms. The fraction of sp³-hybridized carbons (Fsp3) is 0.320. The minimum absolute atomic E-state index is 0.143. The standard InChI is InChI=1S/C25H28N4O5/c1-31-17-4-6-18(7-5-17)34-23-15-27-20(12-22(23)33-3)25(30)29-10-8-16(9-11-29)19-14-28-24(26)13-21(19)32-2/h4-7,12-16H,8-11H2,1-3H3,(H2,26,28). The zero-order valence-corrected chi connectivity index (χ0v) is 19.5. The molecule has 0 bridgehead atoms. The van der Waals surface area contributed by atoms with Crippen molar-refractivity contribution in [1.29, 1.82) is 0 Å². The van der Waals surface area contributed by atoms with Gasteiger partial charge in [-0.1, -0.05) is 0 Å². The molecule has 3 heterocycles. The number of carbonyl (C=O) groups excluding carboxylic acids is 1. The van der Waals surface area contributed by atoms with Gasteiger partial charge in [-0.2, -0.15) is 0 Å². The lowest BCUT2D eigenvalue weighted by molar-refractivity contribution is 0.0706. The molecule has 0 radical (unpaired) electrons. The molecule has 2 aromatic heterocycles. The van der Waals surface area contributed by atoms with Crippen LogP contribution in [0.5, 0.6) is 28.7 Å². The molecule has 1 aliphatic rings. The third-order valence-electron chi connectivity index (χ3n) is 5.92. The first-order valence-electron chi connectivity index (χ1n) is 11.0. The lowest BCUT2D eigenvalue weighted by atomic mass is 9.89. The summed E-state index contributed by atoms with van der Waals surface area (Å²) in [6.07, 6.45) is 4.87. The van der Waals surface area contributed by atoms with Crippen molar-refractivity contribution in [2.24, 2.45) is 0 Å². The van der Waals surface area contributed by atoms with Crippen molar-refractivity contribution in [2.75, 3.05) is 40.2 Å². The van der Waals surface area contributed by atoms with Crippen molar-refractivity contribution in [3.8, 4) is 28.7 Å². The molecule has 9 nitrogen and oxygen atoms in total. The van der Waals surface area contributed by atoms with Crippen molar-refractivity contribution in [3.63, 3.8) is 0 Å². The molecule has 1 aliphatic heterocycles. The summed E-state index contributed by atoms with van der Waals surface area (Å²) in [5, 5.41) is 0. The summed E-state index contributed by atoms with van der Waals surface area (Å²) in [7, 11) is 4.76. The van der Waals surface area contributed by atoms with Gasteiger partial charge in [-0.3, -0.25) is 4.79 Å². The molecule has 1 aromatic carbocycles. The van der Waals surface area contributed by atoms with Crippen LogP contribution >= 0.6 is 0 Å². The van der Waals surface area contributed by atoms with Crippen LogP contribution in [0, 0.1) is 0 Å². The SMILES string of the molecule is COc1ccc(Oc2cnc(C(=O)N3CCC(c4cnc(N)cc4OC)CC3)cc2OC)cc1. The largest absolute Gasteiger partial charge is 0.497 e. The molecule has 4 rings (SSSR count). The Labute approximate surface area is 198 Å².